The number of carbonyl (C=O) groups excluding carboxylic acids is 1. The minimum Gasteiger partial charge on any atom is -0.273 e. The Bertz CT molecular complexity index is 90.9. The summed E-state index contributed by atoms with van der Waals surface area (Å²) in [4.78, 5) is 10.3. The highest BCUT2D eigenvalue weighted by Crippen LogP contribution is 1.97. The minimum absolute atomic E-state index is 0.0599. The summed E-state index contributed by atoms with van der Waals surface area (Å²) in [6, 6.07) is 0. The lowest BCUT2D eigenvalue weighted by Crippen LogP contribution is -2.17. The molecule has 1 radical (unpaired) electrons. The van der Waals surface area contributed by atoms with Crippen LogP contribution < -0.4 is 5.32 Å². The molecule has 0 heterocycles. The molecular weight excluding hydrogens is 114 g/mol. The van der Waals surface area contributed by atoms with Crippen LogP contribution in [0.3, 0.4) is 0 Å². The van der Waals surface area contributed by atoms with Gasteiger partial charge in [0.25, 0.3) is 0 Å². The van der Waals surface area contributed by atoms with Gasteiger partial charge in [-0.2, -0.15) is 0 Å². The van der Waals surface area contributed by atoms with E-state index in [1.54, 1.807) is 0 Å². The van der Waals surface area contributed by atoms with Crippen molar-refractivity contribution < 1.29 is 4.79 Å². The summed E-state index contributed by atoms with van der Waals surface area (Å²) in [5.41, 5.74) is 0. The summed E-state index contributed by atoms with van der Waals surface area (Å²) in [5.74, 6) is 0.490. The molecule has 1 atom stereocenters. The molecule has 2 nitrogen and oxygen atoms in total. The lowest BCUT2D eigenvalue weighted by molar-refractivity contribution is -0.119. The molecule has 0 fully saturated rings. The van der Waals surface area contributed by atoms with Crippen molar-refractivity contribution in [1.29, 1.82) is 0 Å². The monoisotopic (exact) mass is 128 g/mol. The van der Waals surface area contributed by atoms with Crippen molar-refractivity contribution in [2.45, 2.75) is 27.2 Å². The second kappa shape index (κ2) is 4.36. The van der Waals surface area contributed by atoms with E-state index >= 15 is 0 Å². The van der Waals surface area contributed by atoms with Gasteiger partial charge in [-0.25, -0.2) is 0 Å². The van der Waals surface area contributed by atoms with Crippen molar-refractivity contribution in [2.24, 2.45) is 5.92 Å². The largest absolute Gasteiger partial charge is 0.273 e. The van der Waals surface area contributed by atoms with Crippen molar-refractivity contribution >= 4 is 5.91 Å². The smallest absolute Gasteiger partial charge is 0.238 e. The summed E-state index contributed by atoms with van der Waals surface area (Å²) in [6.45, 7) is 6.36. The van der Waals surface area contributed by atoms with E-state index in [1.807, 2.05) is 0 Å². The van der Waals surface area contributed by atoms with Gasteiger partial charge in [-0.1, -0.05) is 20.3 Å². The van der Waals surface area contributed by atoms with Gasteiger partial charge in [0.15, 0.2) is 0 Å². The third-order valence-electron chi connectivity index (χ3n) is 1.32. The molecular formula is C7H14NO. The second-order valence-corrected chi connectivity index (χ2v) is 2.37. The first-order valence-corrected chi connectivity index (χ1v) is 3.34. The quantitative estimate of drug-likeness (QED) is 0.561. The first-order chi connectivity index (χ1) is 4.16. The normalized spacial score (nSPS) is 12.8. The van der Waals surface area contributed by atoms with E-state index in [9.17, 15) is 4.79 Å². The van der Waals surface area contributed by atoms with E-state index in [1.165, 1.54) is 6.92 Å². The van der Waals surface area contributed by atoms with E-state index in [0.717, 1.165) is 6.42 Å². The maximum Gasteiger partial charge on any atom is 0.238 e. The summed E-state index contributed by atoms with van der Waals surface area (Å²) in [7, 11) is 0. The van der Waals surface area contributed by atoms with Gasteiger partial charge in [0.05, 0.1) is 0 Å². The van der Waals surface area contributed by atoms with Gasteiger partial charge in [-0.05, 0) is 5.92 Å². The first kappa shape index (κ1) is 8.47. The summed E-state index contributed by atoms with van der Waals surface area (Å²) < 4.78 is 0. The Labute approximate surface area is 56.6 Å². The van der Waals surface area contributed by atoms with Crippen molar-refractivity contribution in [3.63, 3.8) is 0 Å². The Morgan fingerprint density at radius 2 is 2.22 bits per heavy atom. The van der Waals surface area contributed by atoms with Crippen molar-refractivity contribution in [1.82, 2.24) is 5.32 Å². The predicted octanol–water partition coefficient (Wildman–Crippen LogP) is 1.18. The molecule has 0 aliphatic carbocycles. The molecule has 0 aromatic carbocycles. The van der Waals surface area contributed by atoms with E-state index in [4.69, 9.17) is 0 Å². The van der Waals surface area contributed by atoms with Crippen LogP contribution in [0.5, 0.6) is 0 Å². The van der Waals surface area contributed by atoms with Gasteiger partial charge in [0.1, 0.15) is 0 Å². The maximum absolute atomic E-state index is 10.3. The summed E-state index contributed by atoms with van der Waals surface area (Å²) >= 11 is 0. The maximum atomic E-state index is 10.3. The van der Waals surface area contributed by atoms with Crippen LogP contribution in [0, 0.1) is 5.92 Å². The van der Waals surface area contributed by atoms with Crippen LogP contribution >= 0.6 is 0 Å². The van der Waals surface area contributed by atoms with Gasteiger partial charge >= 0.3 is 0 Å². The molecule has 0 saturated carbocycles. The fourth-order valence-electron chi connectivity index (χ4n) is 0.413. The topological polar surface area (TPSA) is 31.2 Å². The van der Waals surface area contributed by atoms with Gasteiger partial charge in [-0.15, -0.1) is 0 Å². The second-order valence-electron chi connectivity index (χ2n) is 2.37. The Balaban J connectivity index is 3.16. The molecule has 53 valence electrons. The zero-order valence-corrected chi connectivity index (χ0v) is 6.35. The number of hydrogen-bond acceptors (Lipinski definition) is 1. The molecule has 0 aromatic heterocycles. The van der Waals surface area contributed by atoms with Gasteiger partial charge in [-0.3, -0.25) is 10.1 Å². The van der Waals surface area contributed by atoms with Gasteiger partial charge in [0, 0.05) is 13.5 Å². The predicted molar refractivity (Wildman–Crippen MR) is 37.1 cm³/mol. The first-order valence-electron chi connectivity index (χ1n) is 3.34. The molecule has 0 aromatic rings. The van der Waals surface area contributed by atoms with Crippen LogP contribution in [0.2, 0.25) is 0 Å². The average molecular weight is 128 g/mol. The molecule has 0 rings (SSSR count). The molecule has 0 N–H and O–H groups in total. The molecule has 0 aliphatic heterocycles. The Morgan fingerprint density at radius 1 is 1.67 bits per heavy atom. The van der Waals surface area contributed by atoms with Crippen molar-refractivity contribution in [3.05, 3.63) is 0 Å². The van der Waals surface area contributed by atoms with E-state index < -0.39 is 0 Å². The average Bonchev–Trinajstić information content (AvgIpc) is 1.83. The lowest BCUT2D eigenvalue weighted by atomic mass is 10.1. The molecule has 2 heteroatoms. The van der Waals surface area contributed by atoms with Crippen LogP contribution in [0.4, 0.5) is 0 Å². The fraction of sp³-hybridized carbons (Fsp3) is 0.857. The number of amides is 1. The Morgan fingerprint density at radius 3 is 2.56 bits per heavy atom. The molecule has 0 aliphatic rings. The zero-order valence-electron chi connectivity index (χ0n) is 6.35. The highest BCUT2D eigenvalue weighted by molar-refractivity contribution is 5.72. The Kier molecular flexibility index (Phi) is 4.10. The standard InChI is InChI=1S/C7H14NO/c1-4-6(2)5-8-7(3)9/h6H,4-5H2,1-3H3. The number of nitrogens with zero attached hydrogens (tertiary/aromatic N) is 1. The lowest BCUT2D eigenvalue weighted by Gasteiger charge is -2.04. The SMILES string of the molecule is CCC(C)C[N]C(C)=O. The number of carbonyl (C=O) groups is 1. The zero-order chi connectivity index (χ0) is 7.28. The third-order valence-corrected chi connectivity index (χ3v) is 1.32. The molecule has 0 bridgehead atoms. The number of hydrogen-bond donors (Lipinski definition) is 0. The molecule has 0 spiro atoms. The van der Waals surface area contributed by atoms with Crippen molar-refractivity contribution in [3.8, 4) is 0 Å². The fourth-order valence-corrected chi connectivity index (χ4v) is 0.413. The van der Waals surface area contributed by atoms with Crippen LogP contribution in [0.25, 0.3) is 0 Å². The Hall–Kier alpha value is -0.530. The van der Waals surface area contributed by atoms with Crippen LogP contribution in [-0.2, 0) is 4.79 Å². The van der Waals surface area contributed by atoms with Crippen LogP contribution in [-0.4, -0.2) is 12.5 Å². The van der Waals surface area contributed by atoms with Crippen molar-refractivity contribution in [2.75, 3.05) is 6.54 Å². The molecule has 0 saturated heterocycles. The van der Waals surface area contributed by atoms with Crippen LogP contribution in [0.15, 0.2) is 0 Å². The molecule has 1 unspecified atom stereocenters. The number of rotatable bonds is 3. The third kappa shape index (κ3) is 5.34. The van der Waals surface area contributed by atoms with E-state index in [-0.39, 0.29) is 5.91 Å². The van der Waals surface area contributed by atoms with Gasteiger partial charge in [0.2, 0.25) is 5.91 Å². The van der Waals surface area contributed by atoms with E-state index in [0.29, 0.717) is 12.5 Å². The van der Waals surface area contributed by atoms with Crippen LogP contribution in [0.1, 0.15) is 27.2 Å². The summed E-state index contributed by atoms with van der Waals surface area (Å²) in [5, 5.41) is 3.76. The van der Waals surface area contributed by atoms with Gasteiger partial charge < -0.3 is 0 Å². The minimum atomic E-state index is -0.0599. The van der Waals surface area contributed by atoms with E-state index in [2.05, 4.69) is 19.2 Å². The molecule has 1 amide bonds. The molecule has 9 heavy (non-hydrogen) atoms. The summed E-state index contributed by atoms with van der Waals surface area (Å²) in [6.07, 6.45) is 1.09. The highest BCUT2D eigenvalue weighted by Gasteiger charge is 1.99. The highest BCUT2D eigenvalue weighted by atomic mass is 16.1.